The highest BCUT2D eigenvalue weighted by Crippen LogP contribution is 2.50. The number of hydrogen-bond acceptors (Lipinski definition) is 5. The summed E-state index contributed by atoms with van der Waals surface area (Å²) in [6.07, 6.45) is 1.44. The number of rotatable bonds is 2. The zero-order chi connectivity index (χ0) is 19.8. The van der Waals surface area contributed by atoms with Crippen molar-refractivity contribution < 1.29 is 19.4 Å². The Kier molecular flexibility index (Phi) is 3.31. The number of carboxylic acids is 1. The molecule has 0 spiro atoms. The molecule has 2 aliphatic rings. The maximum atomic E-state index is 12.5. The van der Waals surface area contributed by atoms with Gasteiger partial charge >= 0.3 is 5.97 Å². The molecule has 0 aliphatic carbocycles. The van der Waals surface area contributed by atoms with Crippen molar-refractivity contribution in [1.82, 2.24) is 14.3 Å². The van der Waals surface area contributed by atoms with Crippen LogP contribution in [0.25, 0.3) is 22.3 Å². The zero-order valence-electron chi connectivity index (χ0n) is 15.7. The summed E-state index contributed by atoms with van der Waals surface area (Å²) in [4.78, 5) is 24.1. The fourth-order valence-corrected chi connectivity index (χ4v) is 4.55. The van der Waals surface area contributed by atoms with Crippen molar-refractivity contribution >= 4 is 16.9 Å². The minimum absolute atomic E-state index is 0.126. The summed E-state index contributed by atoms with van der Waals surface area (Å²) in [6, 6.07) is 6.71. The summed E-state index contributed by atoms with van der Waals surface area (Å²) in [5.74, 6) is -0.593. The van der Waals surface area contributed by atoms with E-state index in [1.165, 1.54) is 12.3 Å². The highest BCUT2D eigenvalue weighted by molar-refractivity contribution is 5.97. The van der Waals surface area contributed by atoms with Crippen molar-refractivity contribution in [3.63, 3.8) is 0 Å². The third-order valence-electron chi connectivity index (χ3n) is 5.78. The molecule has 2 aromatic heterocycles. The molecular formula is C20H19N3O5. The average Bonchev–Trinajstić information content (AvgIpc) is 3.19. The number of pyridine rings is 1. The van der Waals surface area contributed by atoms with Crippen molar-refractivity contribution in [3.8, 4) is 17.1 Å². The molecule has 1 N–H and O–H groups in total. The van der Waals surface area contributed by atoms with Gasteiger partial charge in [-0.1, -0.05) is 12.1 Å². The van der Waals surface area contributed by atoms with Crippen LogP contribution < -0.4 is 10.2 Å². The average molecular weight is 381 g/mol. The summed E-state index contributed by atoms with van der Waals surface area (Å²) in [7, 11) is 1.59. The zero-order valence-corrected chi connectivity index (χ0v) is 15.7. The van der Waals surface area contributed by atoms with Gasteiger partial charge in [0.25, 0.3) is 0 Å². The fraction of sp³-hybridized carbons (Fsp3) is 0.350. The van der Waals surface area contributed by atoms with Gasteiger partial charge in [-0.25, -0.2) is 4.79 Å². The fourth-order valence-electron chi connectivity index (χ4n) is 4.55. The van der Waals surface area contributed by atoms with Crippen LogP contribution in [0.15, 0.2) is 35.3 Å². The van der Waals surface area contributed by atoms with E-state index in [9.17, 15) is 14.7 Å². The van der Waals surface area contributed by atoms with Crippen molar-refractivity contribution in [1.29, 1.82) is 0 Å². The Hall–Kier alpha value is -3.13. The van der Waals surface area contributed by atoms with Gasteiger partial charge in [0.05, 0.1) is 42.8 Å². The molecule has 0 radical (unpaired) electrons. The van der Waals surface area contributed by atoms with Crippen molar-refractivity contribution in [2.24, 2.45) is 0 Å². The van der Waals surface area contributed by atoms with Gasteiger partial charge in [0, 0.05) is 17.6 Å². The molecule has 1 fully saturated rings. The Bertz CT molecular complexity index is 1210. The van der Waals surface area contributed by atoms with E-state index in [2.05, 4.69) is 0 Å². The molecule has 0 saturated carbocycles. The molecule has 1 saturated heterocycles. The second kappa shape index (κ2) is 5.45. The van der Waals surface area contributed by atoms with Crippen molar-refractivity contribution in [2.75, 3.05) is 13.7 Å². The normalized spacial score (nSPS) is 21.8. The maximum absolute atomic E-state index is 12.5. The first-order chi connectivity index (χ1) is 13.3. The molecule has 4 heterocycles. The summed E-state index contributed by atoms with van der Waals surface area (Å²) >= 11 is 0. The number of aromatic carboxylic acids is 1. The smallest absolute Gasteiger partial charge is 0.341 e. The van der Waals surface area contributed by atoms with Gasteiger partial charge < -0.3 is 19.1 Å². The van der Waals surface area contributed by atoms with E-state index in [1.54, 1.807) is 7.11 Å². The molecule has 3 aromatic rings. The molecule has 2 aliphatic heterocycles. The predicted octanol–water partition coefficient (Wildman–Crippen LogP) is 2.48. The highest BCUT2D eigenvalue weighted by Gasteiger charge is 2.50. The molecule has 28 heavy (non-hydrogen) atoms. The Morgan fingerprint density at radius 1 is 1.39 bits per heavy atom. The number of benzene rings is 1. The number of methoxy groups -OCH3 is 1. The Morgan fingerprint density at radius 2 is 2.18 bits per heavy atom. The lowest BCUT2D eigenvalue weighted by Gasteiger charge is -2.37. The Morgan fingerprint density at radius 3 is 2.89 bits per heavy atom. The number of ether oxygens (including phenoxy) is 2. The third-order valence-corrected chi connectivity index (χ3v) is 5.78. The van der Waals surface area contributed by atoms with Crippen LogP contribution >= 0.6 is 0 Å². The quantitative estimate of drug-likeness (QED) is 0.733. The van der Waals surface area contributed by atoms with Gasteiger partial charge in [-0.3, -0.25) is 9.48 Å². The van der Waals surface area contributed by atoms with Crippen LogP contribution in [0.3, 0.4) is 0 Å². The number of hydrogen-bond donors (Lipinski definition) is 1. The van der Waals surface area contributed by atoms with E-state index in [-0.39, 0.29) is 17.6 Å². The molecule has 5 rings (SSSR count). The van der Waals surface area contributed by atoms with Crippen molar-refractivity contribution in [2.45, 2.75) is 31.5 Å². The lowest BCUT2D eigenvalue weighted by Crippen LogP contribution is -2.38. The van der Waals surface area contributed by atoms with Crippen LogP contribution in [0, 0.1) is 0 Å². The van der Waals surface area contributed by atoms with E-state index in [4.69, 9.17) is 14.6 Å². The van der Waals surface area contributed by atoms with Crippen LogP contribution in [0.2, 0.25) is 0 Å². The van der Waals surface area contributed by atoms with Gasteiger partial charge in [-0.15, -0.1) is 0 Å². The molecule has 8 nitrogen and oxygen atoms in total. The lowest BCUT2D eigenvalue weighted by molar-refractivity contribution is 0.0145. The maximum Gasteiger partial charge on any atom is 0.341 e. The van der Waals surface area contributed by atoms with Crippen LogP contribution in [-0.4, -0.2) is 44.7 Å². The first-order valence-corrected chi connectivity index (χ1v) is 9.02. The number of nitrogens with zero attached hydrogens (tertiary/aromatic N) is 3. The van der Waals surface area contributed by atoms with E-state index < -0.39 is 17.0 Å². The first kappa shape index (κ1) is 17.0. The second-order valence-electron chi connectivity index (χ2n) is 7.73. The van der Waals surface area contributed by atoms with Crippen molar-refractivity contribution in [3.05, 3.63) is 46.2 Å². The molecule has 0 amide bonds. The van der Waals surface area contributed by atoms with Gasteiger partial charge in [0.15, 0.2) is 5.43 Å². The third kappa shape index (κ3) is 2.06. The van der Waals surface area contributed by atoms with E-state index >= 15 is 0 Å². The highest BCUT2D eigenvalue weighted by atomic mass is 16.5. The lowest BCUT2D eigenvalue weighted by atomic mass is 9.91. The summed E-state index contributed by atoms with van der Waals surface area (Å²) in [5, 5.41) is 15.1. The summed E-state index contributed by atoms with van der Waals surface area (Å²) < 4.78 is 15.3. The minimum atomic E-state index is -1.24. The predicted molar refractivity (Wildman–Crippen MR) is 101 cm³/mol. The van der Waals surface area contributed by atoms with Crippen LogP contribution in [0.5, 0.6) is 5.75 Å². The topological polar surface area (TPSA) is 95.6 Å². The molecule has 1 aromatic carbocycles. The molecule has 2 atom stereocenters. The van der Waals surface area contributed by atoms with Gasteiger partial charge in [-0.2, -0.15) is 5.10 Å². The minimum Gasteiger partial charge on any atom is -0.494 e. The molecule has 2 unspecified atom stereocenters. The Labute approximate surface area is 159 Å². The van der Waals surface area contributed by atoms with E-state index in [0.29, 0.717) is 23.6 Å². The van der Waals surface area contributed by atoms with E-state index in [0.717, 1.165) is 11.1 Å². The molecular weight excluding hydrogens is 362 g/mol. The SMILES string of the molecule is COc1cccc2c3n(nc12)C1COC(C)(C)C1n1cc(C(=O)O)c(=O)cc1-3. The largest absolute Gasteiger partial charge is 0.494 e. The summed E-state index contributed by atoms with van der Waals surface area (Å²) in [5.41, 5.74) is 0.768. The van der Waals surface area contributed by atoms with Crippen LogP contribution in [-0.2, 0) is 4.74 Å². The molecule has 144 valence electrons. The number of fused-ring (bicyclic) bond motifs is 8. The number of aromatic nitrogens is 3. The van der Waals surface area contributed by atoms with Crippen LogP contribution in [0.4, 0.5) is 0 Å². The monoisotopic (exact) mass is 381 g/mol. The first-order valence-electron chi connectivity index (χ1n) is 9.02. The van der Waals surface area contributed by atoms with Gasteiger partial charge in [0.2, 0.25) is 0 Å². The second-order valence-corrected chi connectivity index (χ2v) is 7.73. The molecule has 0 bridgehead atoms. The van der Waals surface area contributed by atoms with E-state index in [1.807, 2.05) is 41.3 Å². The Balaban J connectivity index is 1.91. The van der Waals surface area contributed by atoms with Gasteiger partial charge in [0.1, 0.15) is 16.8 Å². The molecule has 8 heteroatoms. The number of carbonyl (C=O) groups is 1. The van der Waals surface area contributed by atoms with Gasteiger partial charge in [-0.05, 0) is 19.9 Å². The standard InChI is InChI=1S/C20H19N3O5/c1-20(2)18-13(9-28-20)23-17(10-5-4-6-15(27-3)16(10)21-23)12-7-14(24)11(19(25)26)8-22(12)18/h4-8,13,18H,9H2,1-3H3,(H,25,26). The number of carboxylic acid groups (broad SMARTS) is 1. The van der Waals surface area contributed by atoms with Crippen LogP contribution in [0.1, 0.15) is 36.3 Å². The summed E-state index contributed by atoms with van der Waals surface area (Å²) in [6.45, 7) is 4.37.